The fourth-order valence-electron chi connectivity index (χ4n) is 1.52. The molecular formula is C13H18N2S. The normalized spacial score (nSPS) is 12.1. The summed E-state index contributed by atoms with van der Waals surface area (Å²) in [5, 5.41) is 12.1. The summed E-state index contributed by atoms with van der Waals surface area (Å²) in [4.78, 5) is 1.27. The van der Waals surface area contributed by atoms with E-state index in [4.69, 9.17) is 5.26 Å². The van der Waals surface area contributed by atoms with E-state index in [1.54, 1.807) is 11.8 Å². The first-order chi connectivity index (χ1) is 7.67. The third-order valence-corrected chi connectivity index (χ3v) is 3.61. The summed E-state index contributed by atoms with van der Waals surface area (Å²) in [6.07, 6.45) is 0. The van der Waals surface area contributed by atoms with E-state index >= 15 is 0 Å². The summed E-state index contributed by atoms with van der Waals surface area (Å²) in [5.74, 6) is 0.800. The van der Waals surface area contributed by atoms with Gasteiger partial charge < -0.3 is 5.32 Å². The Hall–Kier alpha value is -0.980. The topological polar surface area (TPSA) is 35.8 Å². The average Bonchev–Trinajstić information content (AvgIpc) is 2.26. The molecule has 0 saturated carbocycles. The van der Waals surface area contributed by atoms with E-state index in [-0.39, 0.29) is 6.04 Å². The largest absolute Gasteiger partial charge is 0.302 e. The number of nitrogens with zero attached hydrogens (tertiary/aromatic N) is 1. The zero-order valence-electron chi connectivity index (χ0n) is 10.1. The van der Waals surface area contributed by atoms with E-state index in [1.807, 2.05) is 6.92 Å². The standard InChI is InChI=1S/C13H18N2S/c1-4-15-12(8-14)9-16-13-6-5-10(2)7-11(13)3/h5-7,12,15H,4,9H2,1-3H3. The van der Waals surface area contributed by atoms with Crippen molar-refractivity contribution in [2.75, 3.05) is 12.3 Å². The van der Waals surface area contributed by atoms with Gasteiger partial charge in [0.15, 0.2) is 0 Å². The Morgan fingerprint density at radius 3 is 2.75 bits per heavy atom. The van der Waals surface area contributed by atoms with Crippen LogP contribution in [0.15, 0.2) is 23.1 Å². The molecule has 0 saturated heterocycles. The van der Waals surface area contributed by atoms with Gasteiger partial charge >= 0.3 is 0 Å². The van der Waals surface area contributed by atoms with Crippen LogP contribution in [-0.4, -0.2) is 18.3 Å². The molecule has 0 bridgehead atoms. The van der Waals surface area contributed by atoms with E-state index in [0.717, 1.165) is 12.3 Å². The van der Waals surface area contributed by atoms with Crippen molar-refractivity contribution in [1.82, 2.24) is 5.32 Å². The first-order valence-corrected chi connectivity index (χ1v) is 6.49. The molecule has 1 aromatic rings. The van der Waals surface area contributed by atoms with Gasteiger partial charge in [-0.2, -0.15) is 5.26 Å². The van der Waals surface area contributed by atoms with Crippen molar-refractivity contribution in [2.45, 2.75) is 31.7 Å². The van der Waals surface area contributed by atoms with Gasteiger partial charge in [0.25, 0.3) is 0 Å². The molecule has 1 atom stereocenters. The molecule has 0 radical (unpaired) electrons. The van der Waals surface area contributed by atoms with Gasteiger partial charge in [0.1, 0.15) is 6.04 Å². The maximum atomic E-state index is 8.92. The van der Waals surface area contributed by atoms with Crippen LogP contribution in [-0.2, 0) is 0 Å². The van der Waals surface area contributed by atoms with Gasteiger partial charge in [-0.05, 0) is 32.0 Å². The molecule has 1 aromatic carbocycles. The van der Waals surface area contributed by atoms with E-state index < -0.39 is 0 Å². The summed E-state index contributed by atoms with van der Waals surface area (Å²) in [5.41, 5.74) is 2.57. The third kappa shape index (κ3) is 3.88. The van der Waals surface area contributed by atoms with Crippen LogP contribution in [0.3, 0.4) is 0 Å². The molecular weight excluding hydrogens is 216 g/mol. The van der Waals surface area contributed by atoms with E-state index in [1.165, 1.54) is 16.0 Å². The lowest BCUT2D eigenvalue weighted by molar-refractivity contribution is 0.677. The first-order valence-electron chi connectivity index (χ1n) is 5.50. The predicted molar refractivity (Wildman–Crippen MR) is 69.7 cm³/mol. The van der Waals surface area contributed by atoms with Crippen molar-refractivity contribution in [3.8, 4) is 6.07 Å². The number of aryl methyl sites for hydroxylation is 2. The Morgan fingerprint density at radius 1 is 1.44 bits per heavy atom. The molecule has 86 valence electrons. The highest BCUT2D eigenvalue weighted by molar-refractivity contribution is 7.99. The molecule has 0 spiro atoms. The maximum absolute atomic E-state index is 8.92. The molecule has 0 aliphatic heterocycles. The lowest BCUT2D eigenvalue weighted by Crippen LogP contribution is -2.29. The Kier molecular flexibility index (Phi) is 5.37. The van der Waals surface area contributed by atoms with Gasteiger partial charge in [-0.15, -0.1) is 11.8 Å². The predicted octanol–water partition coefficient (Wildman–Crippen LogP) is 2.90. The molecule has 3 heteroatoms. The second kappa shape index (κ2) is 6.57. The van der Waals surface area contributed by atoms with E-state index in [9.17, 15) is 0 Å². The number of thioether (sulfide) groups is 1. The van der Waals surface area contributed by atoms with Gasteiger partial charge in [-0.3, -0.25) is 0 Å². The molecule has 0 aliphatic carbocycles. The molecule has 0 fully saturated rings. The second-order valence-electron chi connectivity index (χ2n) is 3.82. The summed E-state index contributed by atoms with van der Waals surface area (Å²) in [6.45, 7) is 7.07. The van der Waals surface area contributed by atoms with Crippen LogP contribution < -0.4 is 5.32 Å². The lowest BCUT2D eigenvalue weighted by Gasteiger charge is -2.11. The van der Waals surface area contributed by atoms with Crippen LogP contribution >= 0.6 is 11.8 Å². The SMILES string of the molecule is CCNC(C#N)CSc1ccc(C)cc1C. The minimum absolute atomic E-state index is 0.0595. The van der Waals surface area contributed by atoms with Gasteiger partial charge in [-0.1, -0.05) is 24.6 Å². The number of rotatable bonds is 5. The molecule has 0 heterocycles. The number of benzene rings is 1. The summed E-state index contributed by atoms with van der Waals surface area (Å²) >= 11 is 1.74. The molecule has 0 aliphatic rings. The minimum Gasteiger partial charge on any atom is -0.302 e. The molecule has 0 aromatic heterocycles. The highest BCUT2D eigenvalue weighted by Gasteiger charge is 2.07. The van der Waals surface area contributed by atoms with Crippen LogP contribution in [0.2, 0.25) is 0 Å². The fourth-order valence-corrected chi connectivity index (χ4v) is 2.51. The minimum atomic E-state index is -0.0595. The average molecular weight is 234 g/mol. The van der Waals surface area contributed by atoms with Crippen LogP contribution in [0.25, 0.3) is 0 Å². The second-order valence-corrected chi connectivity index (χ2v) is 4.88. The number of hydrogen-bond acceptors (Lipinski definition) is 3. The van der Waals surface area contributed by atoms with E-state index in [0.29, 0.717) is 0 Å². The lowest BCUT2D eigenvalue weighted by atomic mass is 10.2. The number of nitrogens with one attached hydrogen (secondary N) is 1. The third-order valence-electron chi connectivity index (χ3n) is 2.34. The highest BCUT2D eigenvalue weighted by Crippen LogP contribution is 2.23. The molecule has 1 unspecified atom stereocenters. The first kappa shape index (κ1) is 13.1. The summed E-state index contributed by atoms with van der Waals surface area (Å²) < 4.78 is 0. The monoisotopic (exact) mass is 234 g/mol. The molecule has 1 rings (SSSR count). The highest BCUT2D eigenvalue weighted by atomic mass is 32.2. The van der Waals surface area contributed by atoms with Crippen molar-refractivity contribution < 1.29 is 0 Å². The van der Waals surface area contributed by atoms with Crippen LogP contribution in [0.4, 0.5) is 0 Å². The Balaban J connectivity index is 2.57. The van der Waals surface area contributed by atoms with Gasteiger partial charge in [0, 0.05) is 10.6 Å². The zero-order valence-corrected chi connectivity index (χ0v) is 10.9. The Bertz CT molecular complexity index is 382. The smallest absolute Gasteiger partial charge is 0.105 e. The zero-order chi connectivity index (χ0) is 12.0. The Morgan fingerprint density at radius 2 is 2.19 bits per heavy atom. The fraction of sp³-hybridized carbons (Fsp3) is 0.462. The van der Waals surface area contributed by atoms with Crippen molar-refractivity contribution in [3.63, 3.8) is 0 Å². The van der Waals surface area contributed by atoms with E-state index in [2.05, 4.69) is 43.4 Å². The van der Waals surface area contributed by atoms with Gasteiger partial charge in [-0.25, -0.2) is 0 Å². The number of hydrogen-bond donors (Lipinski definition) is 1. The maximum Gasteiger partial charge on any atom is 0.105 e. The van der Waals surface area contributed by atoms with Crippen molar-refractivity contribution in [1.29, 1.82) is 5.26 Å². The molecule has 16 heavy (non-hydrogen) atoms. The van der Waals surface area contributed by atoms with Crippen molar-refractivity contribution >= 4 is 11.8 Å². The van der Waals surface area contributed by atoms with Crippen LogP contribution in [0.1, 0.15) is 18.1 Å². The Labute approximate surface area is 102 Å². The molecule has 1 N–H and O–H groups in total. The molecule has 0 amide bonds. The summed E-state index contributed by atoms with van der Waals surface area (Å²) in [7, 11) is 0. The quantitative estimate of drug-likeness (QED) is 0.796. The van der Waals surface area contributed by atoms with Crippen LogP contribution in [0.5, 0.6) is 0 Å². The number of nitriles is 1. The van der Waals surface area contributed by atoms with Gasteiger partial charge in [0.05, 0.1) is 6.07 Å². The van der Waals surface area contributed by atoms with Gasteiger partial charge in [0.2, 0.25) is 0 Å². The van der Waals surface area contributed by atoms with Crippen molar-refractivity contribution in [3.05, 3.63) is 29.3 Å². The van der Waals surface area contributed by atoms with Crippen molar-refractivity contribution in [2.24, 2.45) is 0 Å². The molecule has 2 nitrogen and oxygen atoms in total. The summed E-state index contributed by atoms with van der Waals surface area (Å²) in [6, 6.07) is 8.64. The van der Waals surface area contributed by atoms with Crippen LogP contribution in [0, 0.1) is 25.2 Å².